The van der Waals surface area contributed by atoms with Gasteiger partial charge >= 0.3 is 6.85 Å². The molecule has 0 amide bonds. The molecular weight excluding hydrogens is 583 g/mol. The van der Waals surface area contributed by atoms with Crippen LogP contribution in [0.2, 0.25) is 0 Å². The molecular formula is C44H25BN2O. The lowest BCUT2D eigenvalue weighted by atomic mass is 9.44. The highest BCUT2D eigenvalue weighted by molar-refractivity contribution is 6.90. The monoisotopic (exact) mass is 608 g/mol. The number of aromatic nitrogens is 1. The van der Waals surface area contributed by atoms with E-state index in [2.05, 4.69) is 161 Å². The Morgan fingerprint density at radius 2 is 1.21 bits per heavy atom. The Labute approximate surface area is 275 Å². The fourth-order valence-electron chi connectivity index (χ4n) is 8.97. The highest BCUT2D eigenvalue weighted by atomic mass is 16.3. The van der Waals surface area contributed by atoms with Gasteiger partial charge in [0.25, 0.3) is 0 Å². The summed E-state index contributed by atoms with van der Waals surface area (Å²) in [5.74, 6) is 0. The zero-order chi connectivity index (χ0) is 31.1. The number of hydrogen-bond donors (Lipinski definition) is 0. The number of benzene rings is 8. The van der Waals surface area contributed by atoms with Gasteiger partial charge in [0.2, 0.25) is 0 Å². The molecule has 12 rings (SSSR count). The molecule has 0 fully saturated rings. The molecule has 3 nitrogen and oxygen atoms in total. The normalized spacial score (nSPS) is 13.3. The Kier molecular flexibility index (Phi) is 4.54. The van der Waals surface area contributed by atoms with Crippen molar-refractivity contribution in [3.8, 4) is 11.1 Å². The summed E-state index contributed by atoms with van der Waals surface area (Å²) in [7, 11) is 0. The maximum atomic E-state index is 6.97. The lowest BCUT2D eigenvalue weighted by molar-refractivity contribution is 0.669. The summed E-state index contributed by atoms with van der Waals surface area (Å²) in [5.41, 5.74) is 13.0. The SMILES string of the molecule is c1ccc2cc(N3c4c(ccc5ccccc45)B4c5c(cc6c(oc7ccccc76)c53)-c3cccc5c6ccccc6n4c35)ccc2c1. The molecule has 0 saturated carbocycles. The Bertz CT molecular complexity index is 3040. The van der Waals surface area contributed by atoms with Crippen molar-refractivity contribution in [1.82, 2.24) is 4.48 Å². The van der Waals surface area contributed by atoms with Gasteiger partial charge in [-0.1, -0.05) is 121 Å². The third kappa shape index (κ3) is 2.97. The molecule has 48 heavy (non-hydrogen) atoms. The van der Waals surface area contributed by atoms with Gasteiger partial charge in [0.1, 0.15) is 5.58 Å². The summed E-state index contributed by atoms with van der Waals surface area (Å²) in [6.45, 7) is -0.0405. The lowest BCUT2D eigenvalue weighted by Gasteiger charge is -2.41. The van der Waals surface area contributed by atoms with Crippen LogP contribution in [-0.2, 0) is 0 Å². The molecule has 2 aliphatic heterocycles. The fraction of sp³-hybridized carbons (Fsp3) is 0. The van der Waals surface area contributed by atoms with Crippen LogP contribution in [0.3, 0.4) is 0 Å². The van der Waals surface area contributed by atoms with Gasteiger partial charge < -0.3 is 13.8 Å². The molecule has 2 aliphatic rings. The van der Waals surface area contributed by atoms with E-state index in [1.807, 2.05) is 0 Å². The molecule has 2 aromatic heterocycles. The van der Waals surface area contributed by atoms with E-state index in [9.17, 15) is 0 Å². The first-order chi connectivity index (χ1) is 23.8. The van der Waals surface area contributed by atoms with E-state index in [1.54, 1.807) is 0 Å². The van der Waals surface area contributed by atoms with E-state index in [0.717, 1.165) is 33.3 Å². The fourth-order valence-corrected chi connectivity index (χ4v) is 8.97. The van der Waals surface area contributed by atoms with Crippen LogP contribution in [0.1, 0.15) is 0 Å². The van der Waals surface area contributed by atoms with Gasteiger partial charge in [-0.15, -0.1) is 0 Å². The van der Waals surface area contributed by atoms with E-state index < -0.39 is 0 Å². The van der Waals surface area contributed by atoms with Crippen molar-refractivity contribution in [3.63, 3.8) is 0 Å². The average Bonchev–Trinajstić information content (AvgIpc) is 3.69. The summed E-state index contributed by atoms with van der Waals surface area (Å²) in [6.07, 6.45) is 0. The molecule has 4 heteroatoms. The third-order valence-electron chi connectivity index (χ3n) is 10.9. The summed E-state index contributed by atoms with van der Waals surface area (Å²) in [6, 6.07) is 55.7. The van der Waals surface area contributed by atoms with Gasteiger partial charge in [-0.25, -0.2) is 0 Å². The van der Waals surface area contributed by atoms with Crippen molar-refractivity contribution < 1.29 is 4.42 Å². The maximum absolute atomic E-state index is 6.97. The van der Waals surface area contributed by atoms with Crippen molar-refractivity contribution in [3.05, 3.63) is 152 Å². The topological polar surface area (TPSA) is 21.3 Å². The number of nitrogens with zero attached hydrogens (tertiary/aromatic N) is 2. The smallest absolute Gasteiger partial charge is 0.333 e. The van der Waals surface area contributed by atoms with Crippen molar-refractivity contribution >= 4 is 100 Å². The molecule has 0 N–H and O–H groups in total. The lowest BCUT2D eigenvalue weighted by Crippen LogP contribution is -2.56. The van der Waals surface area contributed by atoms with Gasteiger partial charge in [-0.2, -0.15) is 0 Å². The number of rotatable bonds is 1. The molecule has 0 aliphatic carbocycles. The van der Waals surface area contributed by atoms with Gasteiger partial charge in [-0.05, 0) is 63.0 Å². The van der Waals surface area contributed by atoms with Crippen LogP contribution in [0.15, 0.2) is 156 Å². The number of fused-ring (bicyclic) bond motifs is 14. The number of para-hydroxylation sites is 3. The minimum Gasteiger partial charge on any atom is -0.454 e. The molecule has 0 spiro atoms. The summed E-state index contributed by atoms with van der Waals surface area (Å²) >= 11 is 0. The molecule has 220 valence electrons. The molecule has 0 unspecified atom stereocenters. The van der Waals surface area contributed by atoms with E-state index in [0.29, 0.717) is 0 Å². The zero-order valence-electron chi connectivity index (χ0n) is 25.8. The van der Waals surface area contributed by atoms with Crippen LogP contribution in [0, 0.1) is 0 Å². The minimum atomic E-state index is -0.0405. The van der Waals surface area contributed by atoms with E-state index in [1.165, 1.54) is 71.1 Å². The Balaban J connectivity index is 1.35. The van der Waals surface area contributed by atoms with Crippen LogP contribution in [0.5, 0.6) is 0 Å². The molecule has 8 aromatic carbocycles. The van der Waals surface area contributed by atoms with E-state index in [4.69, 9.17) is 4.42 Å². The first-order valence-corrected chi connectivity index (χ1v) is 16.6. The maximum Gasteiger partial charge on any atom is 0.333 e. The van der Waals surface area contributed by atoms with Crippen LogP contribution in [0.4, 0.5) is 17.1 Å². The quantitative estimate of drug-likeness (QED) is 0.173. The number of anilines is 3. The Morgan fingerprint density at radius 3 is 2.12 bits per heavy atom. The van der Waals surface area contributed by atoms with Crippen molar-refractivity contribution in [2.75, 3.05) is 4.90 Å². The van der Waals surface area contributed by atoms with Gasteiger partial charge in [-0.3, -0.25) is 0 Å². The second-order valence-corrected chi connectivity index (χ2v) is 13.2. The van der Waals surface area contributed by atoms with E-state index in [-0.39, 0.29) is 6.85 Å². The number of hydrogen-bond acceptors (Lipinski definition) is 2. The predicted octanol–water partition coefficient (Wildman–Crippen LogP) is 10.4. The molecule has 0 saturated heterocycles. The zero-order valence-corrected chi connectivity index (χ0v) is 25.8. The van der Waals surface area contributed by atoms with Gasteiger partial charge in [0, 0.05) is 49.2 Å². The van der Waals surface area contributed by atoms with Crippen LogP contribution in [0.25, 0.3) is 76.4 Å². The molecule has 0 atom stereocenters. The van der Waals surface area contributed by atoms with Crippen molar-refractivity contribution in [2.24, 2.45) is 0 Å². The molecule has 4 heterocycles. The summed E-state index contributed by atoms with van der Waals surface area (Å²) in [4.78, 5) is 2.51. The molecule has 0 bridgehead atoms. The largest absolute Gasteiger partial charge is 0.454 e. The first kappa shape index (κ1) is 24.9. The van der Waals surface area contributed by atoms with Gasteiger partial charge in [0.05, 0.1) is 11.4 Å². The Morgan fingerprint density at radius 1 is 0.479 bits per heavy atom. The van der Waals surface area contributed by atoms with Crippen molar-refractivity contribution in [2.45, 2.75) is 0 Å². The van der Waals surface area contributed by atoms with Crippen LogP contribution < -0.4 is 15.8 Å². The van der Waals surface area contributed by atoms with Crippen LogP contribution >= 0.6 is 0 Å². The van der Waals surface area contributed by atoms with Gasteiger partial charge in [0.15, 0.2) is 5.58 Å². The standard InChI is InChI=1S/C44H25BN2O/c1-2-12-28-24-29(22-20-26(28)10-1)46-42-30-13-4-3-11-27(30)21-23-37(42)45-40-35(25-36-32-15-6-8-19-39(32)48-44(36)43(40)46)34-17-9-16-33-31-14-5-7-18-38(31)47(45)41(33)34/h1-25H. The minimum absolute atomic E-state index is 0.0405. The second kappa shape index (κ2) is 8.75. The highest BCUT2D eigenvalue weighted by Gasteiger charge is 2.45. The third-order valence-corrected chi connectivity index (χ3v) is 10.9. The first-order valence-electron chi connectivity index (χ1n) is 16.6. The average molecular weight is 609 g/mol. The van der Waals surface area contributed by atoms with Crippen LogP contribution in [-0.4, -0.2) is 11.3 Å². The summed E-state index contributed by atoms with van der Waals surface area (Å²) in [5, 5.41) is 9.78. The summed E-state index contributed by atoms with van der Waals surface area (Å²) < 4.78 is 9.58. The number of furan rings is 1. The Hall–Kier alpha value is -6.26. The molecule has 0 radical (unpaired) electrons. The predicted molar refractivity (Wildman–Crippen MR) is 202 cm³/mol. The van der Waals surface area contributed by atoms with E-state index >= 15 is 0 Å². The second-order valence-electron chi connectivity index (χ2n) is 13.2. The van der Waals surface area contributed by atoms with Crippen molar-refractivity contribution in [1.29, 1.82) is 0 Å². The molecule has 10 aromatic rings. The highest BCUT2D eigenvalue weighted by Crippen LogP contribution is 2.50.